The Morgan fingerprint density at radius 3 is 2.47 bits per heavy atom. The summed E-state index contributed by atoms with van der Waals surface area (Å²) in [6, 6.07) is 16.6. The third kappa shape index (κ3) is 5.07. The molecule has 1 aromatic heterocycles. The summed E-state index contributed by atoms with van der Waals surface area (Å²) in [6.07, 6.45) is 1.02. The van der Waals surface area contributed by atoms with Gasteiger partial charge in [0.05, 0.1) is 16.5 Å². The lowest BCUT2D eigenvalue weighted by molar-refractivity contribution is -0.384. The van der Waals surface area contributed by atoms with E-state index in [1.807, 2.05) is 0 Å². The van der Waals surface area contributed by atoms with Gasteiger partial charge >= 0.3 is 0 Å². The molecule has 0 aliphatic carbocycles. The lowest BCUT2D eigenvalue weighted by Gasteiger charge is -2.18. The summed E-state index contributed by atoms with van der Waals surface area (Å²) in [5, 5.41) is 34.2. The second-order valence-electron chi connectivity index (χ2n) is 7.49. The molecule has 4 rings (SSSR count). The van der Waals surface area contributed by atoms with Crippen LogP contribution in [-0.2, 0) is 4.79 Å². The van der Waals surface area contributed by atoms with Crippen LogP contribution in [0.2, 0.25) is 0 Å². The van der Waals surface area contributed by atoms with Gasteiger partial charge in [0, 0.05) is 28.6 Å². The number of non-ortho nitro benzene ring substituents is 1. The number of nitrogens with zero attached hydrogens (tertiary/aromatic N) is 3. The number of hydrogen-bond acceptors (Lipinski definition) is 8. The van der Waals surface area contributed by atoms with Crippen molar-refractivity contribution in [1.82, 2.24) is 20.9 Å². The van der Waals surface area contributed by atoms with Crippen molar-refractivity contribution in [3.63, 3.8) is 0 Å². The first-order valence-corrected chi connectivity index (χ1v) is 10.5. The molecule has 0 spiro atoms. The highest BCUT2D eigenvalue weighted by Crippen LogP contribution is 2.22. The number of carbonyl (C=O) groups excluding carboxylic acids is 2. The second-order valence-corrected chi connectivity index (χ2v) is 7.49. The van der Waals surface area contributed by atoms with Crippen LogP contribution >= 0.6 is 0 Å². The van der Waals surface area contributed by atoms with E-state index in [0.717, 1.165) is 24.4 Å². The number of amides is 2. The standard InChI is InChI=1S/C24H18N6O6/c31-19-11-10-16(30(35)36)12-15(19)13-25-28-24(34)21(26-22(32)14-6-2-1-3-7-14)20-17-8-4-5-9-18(17)23(33)29-27-20/h1-13,21,31H,(H,26,32)(H,28,34)(H,29,33)/b25-13+. The molecule has 0 saturated heterocycles. The minimum Gasteiger partial charge on any atom is -0.507 e. The van der Waals surface area contributed by atoms with E-state index in [4.69, 9.17) is 0 Å². The number of phenolic OH excluding ortho intramolecular Hbond substituents is 1. The van der Waals surface area contributed by atoms with Gasteiger partial charge in [-0.15, -0.1) is 0 Å². The summed E-state index contributed by atoms with van der Waals surface area (Å²) in [5.74, 6) is -1.68. The van der Waals surface area contributed by atoms with E-state index >= 15 is 0 Å². The number of hydrogen-bond donors (Lipinski definition) is 4. The number of aromatic amines is 1. The molecule has 180 valence electrons. The Kier molecular flexibility index (Phi) is 6.77. The molecule has 36 heavy (non-hydrogen) atoms. The molecule has 0 fully saturated rings. The predicted molar refractivity (Wildman–Crippen MR) is 130 cm³/mol. The number of H-pyrrole nitrogens is 1. The van der Waals surface area contributed by atoms with Crippen LogP contribution in [0.4, 0.5) is 5.69 Å². The zero-order valence-electron chi connectivity index (χ0n) is 18.4. The van der Waals surface area contributed by atoms with Crippen molar-refractivity contribution in [2.75, 3.05) is 0 Å². The molecular weight excluding hydrogens is 468 g/mol. The van der Waals surface area contributed by atoms with Gasteiger partial charge in [0.1, 0.15) is 11.4 Å². The fourth-order valence-electron chi connectivity index (χ4n) is 3.41. The molecule has 12 nitrogen and oxygen atoms in total. The molecule has 1 unspecified atom stereocenters. The van der Waals surface area contributed by atoms with Crippen LogP contribution in [0.5, 0.6) is 5.75 Å². The number of aromatic hydroxyl groups is 1. The van der Waals surface area contributed by atoms with Crippen molar-refractivity contribution in [2.24, 2.45) is 5.10 Å². The van der Waals surface area contributed by atoms with E-state index in [9.17, 15) is 29.6 Å². The van der Waals surface area contributed by atoms with E-state index in [0.29, 0.717) is 5.39 Å². The molecule has 0 radical (unpaired) electrons. The lowest BCUT2D eigenvalue weighted by atomic mass is 10.0. The summed E-state index contributed by atoms with van der Waals surface area (Å²) in [7, 11) is 0. The molecule has 0 aliphatic rings. The van der Waals surface area contributed by atoms with Crippen molar-refractivity contribution in [1.29, 1.82) is 0 Å². The van der Waals surface area contributed by atoms with Crippen molar-refractivity contribution < 1.29 is 19.6 Å². The number of carbonyl (C=O) groups is 2. The zero-order chi connectivity index (χ0) is 25.7. The van der Waals surface area contributed by atoms with E-state index < -0.39 is 28.3 Å². The van der Waals surface area contributed by atoms with Gasteiger partial charge in [-0.25, -0.2) is 10.5 Å². The number of nitro groups is 1. The largest absolute Gasteiger partial charge is 0.507 e. The summed E-state index contributed by atoms with van der Waals surface area (Å²) < 4.78 is 0. The quantitative estimate of drug-likeness (QED) is 0.175. The smallest absolute Gasteiger partial charge is 0.272 e. The maximum Gasteiger partial charge on any atom is 0.272 e. The first-order valence-electron chi connectivity index (χ1n) is 10.5. The molecular formula is C24H18N6O6. The lowest BCUT2D eigenvalue weighted by Crippen LogP contribution is -2.40. The Morgan fingerprint density at radius 2 is 1.75 bits per heavy atom. The number of nitrogens with one attached hydrogen (secondary N) is 3. The Hall–Kier alpha value is -5.39. The molecule has 0 saturated carbocycles. The van der Waals surface area contributed by atoms with E-state index in [-0.39, 0.29) is 33.6 Å². The van der Waals surface area contributed by atoms with Crippen LogP contribution in [-0.4, -0.2) is 38.3 Å². The molecule has 12 heteroatoms. The van der Waals surface area contributed by atoms with E-state index in [1.165, 1.54) is 0 Å². The number of rotatable bonds is 7. The molecule has 0 aliphatic heterocycles. The van der Waals surface area contributed by atoms with Gasteiger partial charge in [0.2, 0.25) is 0 Å². The highest BCUT2D eigenvalue weighted by atomic mass is 16.6. The van der Waals surface area contributed by atoms with Crippen LogP contribution in [0.25, 0.3) is 10.8 Å². The van der Waals surface area contributed by atoms with Gasteiger partial charge in [-0.05, 0) is 24.3 Å². The highest BCUT2D eigenvalue weighted by Gasteiger charge is 2.27. The second kappa shape index (κ2) is 10.3. The highest BCUT2D eigenvalue weighted by molar-refractivity contribution is 5.99. The van der Waals surface area contributed by atoms with Crippen LogP contribution in [0.1, 0.15) is 27.7 Å². The fourth-order valence-corrected chi connectivity index (χ4v) is 3.41. The van der Waals surface area contributed by atoms with Crippen LogP contribution < -0.4 is 16.3 Å². The number of hydrazone groups is 1. The van der Waals surface area contributed by atoms with Gasteiger partial charge < -0.3 is 10.4 Å². The maximum atomic E-state index is 13.1. The number of fused-ring (bicyclic) bond motifs is 1. The molecule has 3 aromatic carbocycles. The van der Waals surface area contributed by atoms with Gasteiger partial charge in [0.15, 0.2) is 6.04 Å². The van der Waals surface area contributed by atoms with Crippen LogP contribution in [0.3, 0.4) is 0 Å². The van der Waals surface area contributed by atoms with E-state index in [2.05, 4.69) is 26.0 Å². The number of nitro benzene ring substituents is 1. The number of aromatic nitrogens is 2. The summed E-state index contributed by atoms with van der Waals surface area (Å²) in [6.45, 7) is 0. The van der Waals surface area contributed by atoms with Gasteiger partial charge in [-0.2, -0.15) is 10.2 Å². The zero-order valence-corrected chi connectivity index (χ0v) is 18.4. The van der Waals surface area contributed by atoms with Gasteiger partial charge in [-0.3, -0.25) is 24.5 Å². The van der Waals surface area contributed by atoms with Crippen LogP contribution in [0, 0.1) is 10.1 Å². The molecule has 1 heterocycles. The van der Waals surface area contributed by atoms with Crippen molar-refractivity contribution >= 4 is 34.5 Å². The summed E-state index contributed by atoms with van der Waals surface area (Å²) in [4.78, 5) is 48.5. The van der Waals surface area contributed by atoms with Crippen LogP contribution in [0.15, 0.2) is 82.7 Å². The summed E-state index contributed by atoms with van der Waals surface area (Å²) in [5.41, 5.74) is 1.84. The average molecular weight is 486 g/mol. The Balaban J connectivity index is 1.67. The normalized spacial score (nSPS) is 11.8. The monoisotopic (exact) mass is 486 g/mol. The third-order valence-corrected chi connectivity index (χ3v) is 5.17. The average Bonchev–Trinajstić information content (AvgIpc) is 2.89. The summed E-state index contributed by atoms with van der Waals surface area (Å²) >= 11 is 0. The van der Waals surface area contributed by atoms with E-state index in [1.54, 1.807) is 54.6 Å². The van der Waals surface area contributed by atoms with Crippen molar-refractivity contribution in [3.05, 3.63) is 110 Å². The molecule has 1 atom stereocenters. The van der Waals surface area contributed by atoms with Crippen molar-refractivity contribution in [3.8, 4) is 5.75 Å². The third-order valence-electron chi connectivity index (χ3n) is 5.17. The van der Waals surface area contributed by atoms with Crippen molar-refractivity contribution in [2.45, 2.75) is 6.04 Å². The molecule has 4 aromatic rings. The molecule has 4 N–H and O–H groups in total. The molecule has 0 bridgehead atoms. The Bertz CT molecular complexity index is 1550. The SMILES string of the molecule is O=C(NC(C(=O)N/N=C/c1cc([N+](=O)[O-])ccc1O)c1n[nH]c(=O)c2ccccc12)c1ccccc1. The maximum absolute atomic E-state index is 13.1. The minimum absolute atomic E-state index is 0.0120. The van der Waals surface area contributed by atoms with Gasteiger partial charge in [-0.1, -0.05) is 36.4 Å². The first-order chi connectivity index (χ1) is 17.3. The number of benzene rings is 3. The Labute approximate surface area is 202 Å². The topological polar surface area (TPSA) is 180 Å². The minimum atomic E-state index is -1.38. The first kappa shape index (κ1) is 23.8. The molecule has 2 amide bonds. The fraction of sp³-hybridized carbons (Fsp3) is 0.0417. The number of phenols is 1. The predicted octanol–water partition coefficient (Wildman–Crippen LogP) is 2.16. The van der Waals surface area contributed by atoms with Gasteiger partial charge in [0.25, 0.3) is 23.1 Å². The Morgan fingerprint density at radius 1 is 1.06 bits per heavy atom.